The molecule has 0 aromatic carbocycles. The summed E-state index contributed by atoms with van der Waals surface area (Å²) in [4.78, 5) is 11.4. The number of nitrogens with one attached hydrogen (secondary N) is 1. The summed E-state index contributed by atoms with van der Waals surface area (Å²) in [6.45, 7) is 6.14. The Balaban J connectivity index is 2.65. The highest BCUT2D eigenvalue weighted by Gasteiger charge is 2.10. The number of aromatic amines is 1. The highest BCUT2D eigenvalue weighted by molar-refractivity contribution is 5.87. The molecular weight excluding hydrogens is 216 g/mol. The van der Waals surface area contributed by atoms with Gasteiger partial charge in [0.2, 0.25) is 0 Å². The van der Waals surface area contributed by atoms with E-state index in [9.17, 15) is 4.79 Å². The van der Waals surface area contributed by atoms with Crippen LogP contribution in [0.4, 0.5) is 0 Å². The van der Waals surface area contributed by atoms with Crippen molar-refractivity contribution in [2.45, 2.75) is 27.2 Å². The molecule has 1 aromatic rings. The molecule has 0 atom stereocenters. The van der Waals surface area contributed by atoms with E-state index < -0.39 is 0 Å². The zero-order chi connectivity index (χ0) is 12.7. The first kappa shape index (κ1) is 13.2. The van der Waals surface area contributed by atoms with Gasteiger partial charge in [0.05, 0.1) is 6.61 Å². The summed E-state index contributed by atoms with van der Waals surface area (Å²) >= 11 is 0. The number of nitrogens with zero attached hydrogens (tertiary/aromatic N) is 1. The molecule has 0 bridgehead atoms. The molecule has 0 saturated carbocycles. The average Bonchev–Trinajstić information content (AvgIpc) is 2.75. The van der Waals surface area contributed by atoms with Crippen LogP contribution in [0.5, 0.6) is 0 Å². The Kier molecular flexibility index (Phi) is 5.20. The van der Waals surface area contributed by atoms with E-state index in [-0.39, 0.29) is 5.97 Å². The first-order valence-electron chi connectivity index (χ1n) is 5.67. The van der Waals surface area contributed by atoms with Crippen LogP contribution in [0.3, 0.4) is 0 Å². The van der Waals surface area contributed by atoms with Gasteiger partial charge in [-0.15, -0.1) is 0 Å². The molecule has 92 valence electrons. The van der Waals surface area contributed by atoms with Gasteiger partial charge in [0, 0.05) is 12.1 Å². The monoisotopic (exact) mass is 234 g/mol. The molecule has 0 saturated heterocycles. The van der Waals surface area contributed by atoms with Crippen LogP contribution in [0.1, 0.15) is 37.0 Å². The molecule has 0 aliphatic rings. The highest BCUT2D eigenvalue weighted by atomic mass is 16.5. The number of hydrogen-bond acceptors (Lipinski definition) is 3. The summed E-state index contributed by atoms with van der Waals surface area (Å²) in [5, 5.41) is 6.76. The normalized spacial score (nSPS) is 12.1. The second-order valence-corrected chi connectivity index (χ2v) is 3.71. The highest BCUT2D eigenvalue weighted by Crippen LogP contribution is 2.07. The van der Waals surface area contributed by atoms with E-state index in [1.165, 1.54) is 5.57 Å². The molecule has 0 aliphatic carbocycles. The third-order valence-corrected chi connectivity index (χ3v) is 2.16. The van der Waals surface area contributed by atoms with E-state index in [1.54, 1.807) is 13.0 Å². The van der Waals surface area contributed by atoms with Crippen molar-refractivity contribution in [2.24, 2.45) is 0 Å². The Bertz CT molecular complexity index is 430. The van der Waals surface area contributed by atoms with Gasteiger partial charge in [-0.1, -0.05) is 23.8 Å². The molecule has 17 heavy (non-hydrogen) atoms. The summed E-state index contributed by atoms with van der Waals surface area (Å²) in [7, 11) is 0. The molecule has 1 N–H and O–H groups in total. The van der Waals surface area contributed by atoms with Gasteiger partial charge >= 0.3 is 5.97 Å². The minimum atomic E-state index is -0.384. The Morgan fingerprint density at radius 3 is 3.00 bits per heavy atom. The van der Waals surface area contributed by atoms with Crippen LogP contribution in [0, 0.1) is 0 Å². The third-order valence-electron chi connectivity index (χ3n) is 2.16. The van der Waals surface area contributed by atoms with E-state index in [0.29, 0.717) is 12.3 Å². The third kappa shape index (κ3) is 4.26. The van der Waals surface area contributed by atoms with Crippen molar-refractivity contribution in [2.75, 3.05) is 6.61 Å². The maximum Gasteiger partial charge on any atom is 0.358 e. The first-order valence-corrected chi connectivity index (χ1v) is 5.67. The largest absolute Gasteiger partial charge is 0.461 e. The van der Waals surface area contributed by atoms with E-state index in [1.807, 2.05) is 32.1 Å². The van der Waals surface area contributed by atoms with Crippen LogP contribution in [0.2, 0.25) is 0 Å². The fourth-order valence-corrected chi connectivity index (χ4v) is 1.38. The molecule has 1 rings (SSSR count). The lowest BCUT2D eigenvalue weighted by atomic mass is 10.1. The smallest absolute Gasteiger partial charge is 0.358 e. The zero-order valence-corrected chi connectivity index (χ0v) is 10.5. The number of rotatable bonds is 5. The number of hydrogen-bond donors (Lipinski definition) is 1. The van der Waals surface area contributed by atoms with Gasteiger partial charge in [0.1, 0.15) is 0 Å². The van der Waals surface area contributed by atoms with Gasteiger partial charge in [0.15, 0.2) is 5.69 Å². The number of aromatic nitrogens is 2. The fraction of sp³-hybridized carbons (Fsp3) is 0.385. The second kappa shape index (κ2) is 6.68. The van der Waals surface area contributed by atoms with Crippen molar-refractivity contribution < 1.29 is 9.53 Å². The number of allylic oxidation sites excluding steroid dienone is 4. The predicted molar refractivity (Wildman–Crippen MR) is 66.8 cm³/mol. The molecule has 1 aromatic heterocycles. The van der Waals surface area contributed by atoms with E-state index >= 15 is 0 Å². The van der Waals surface area contributed by atoms with Crippen molar-refractivity contribution in [1.82, 2.24) is 10.2 Å². The molecule has 0 radical (unpaired) electrons. The van der Waals surface area contributed by atoms with Crippen molar-refractivity contribution in [3.8, 4) is 0 Å². The molecule has 4 heteroatoms. The van der Waals surface area contributed by atoms with Crippen molar-refractivity contribution in [3.63, 3.8) is 0 Å². The lowest BCUT2D eigenvalue weighted by Gasteiger charge is -1.96. The van der Waals surface area contributed by atoms with Gasteiger partial charge in [-0.05, 0) is 26.8 Å². The topological polar surface area (TPSA) is 55.0 Å². The predicted octanol–water partition coefficient (Wildman–Crippen LogP) is 2.65. The van der Waals surface area contributed by atoms with Crippen LogP contribution in [0.25, 0.3) is 0 Å². The molecular formula is C13H18N2O2. The summed E-state index contributed by atoms with van der Waals surface area (Å²) in [6.07, 6.45) is 6.74. The first-order chi connectivity index (χ1) is 8.17. The molecule has 0 unspecified atom stereocenters. The summed E-state index contributed by atoms with van der Waals surface area (Å²) < 4.78 is 4.86. The Hall–Kier alpha value is -1.84. The molecule has 1 heterocycles. The molecule has 0 spiro atoms. The van der Waals surface area contributed by atoms with Crippen LogP contribution in [-0.4, -0.2) is 22.8 Å². The number of H-pyrrole nitrogens is 1. The molecule has 0 fully saturated rings. The summed E-state index contributed by atoms with van der Waals surface area (Å²) in [5.74, 6) is -0.384. The maximum absolute atomic E-state index is 11.4. The van der Waals surface area contributed by atoms with Crippen molar-refractivity contribution >= 4 is 5.97 Å². The van der Waals surface area contributed by atoms with Gasteiger partial charge in [-0.25, -0.2) is 4.79 Å². The molecule has 4 nitrogen and oxygen atoms in total. The van der Waals surface area contributed by atoms with Gasteiger partial charge in [0.25, 0.3) is 0 Å². The average molecular weight is 234 g/mol. The van der Waals surface area contributed by atoms with Crippen LogP contribution in [-0.2, 0) is 11.2 Å². The van der Waals surface area contributed by atoms with Crippen molar-refractivity contribution in [1.29, 1.82) is 0 Å². The van der Waals surface area contributed by atoms with Gasteiger partial charge in [-0.2, -0.15) is 5.10 Å². The van der Waals surface area contributed by atoms with Gasteiger partial charge < -0.3 is 4.74 Å². The molecule has 0 amide bonds. The summed E-state index contributed by atoms with van der Waals surface area (Å²) in [6, 6.07) is 1.73. The molecule has 0 aliphatic heterocycles. The maximum atomic E-state index is 11.4. The lowest BCUT2D eigenvalue weighted by molar-refractivity contribution is 0.0519. The minimum absolute atomic E-state index is 0.334. The Labute approximate surface area is 101 Å². The van der Waals surface area contributed by atoms with E-state index in [2.05, 4.69) is 10.2 Å². The zero-order valence-electron chi connectivity index (χ0n) is 10.5. The van der Waals surface area contributed by atoms with Crippen molar-refractivity contribution in [3.05, 3.63) is 41.3 Å². The number of esters is 1. The number of carbonyl (C=O) groups excluding carboxylic acids is 1. The quantitative estimate of drug-likeness (QED) is 0.629. The second-order valence-electron chi connectivity index (χ2n) is 3.71. The number of ether oxygens (including phenoxy) is 1. The number of carbonyl (C=O) groups is 1. The van der Waals surface area contributed by atoms with Crippen LogP contribution in [0.15, 0.2) is 29.9 Å². The minimum Gasteiger partial charge on any atom is -0.461 e. The van der Waals surface area contributed by atoms with E-state index in [4.69, 9.17) is 4.74 Å². The van der Waals surface area contributed by atoms with E-state index in [0.717, 1.165) is 12.1 Å². The SMILES string of the molecule is C/C=C\C=C(/C)Cc1cc(C(=O)OCC)n[nH]1. The fourth-order valence-electron chi connectivity index (χ4n) is 1.38. The van der Waals surface area contributed by atoms with Crippen LogP contribution < -0.4 is 0 Å². The lowest BCUT2D eigenvalue weighted by Crippen LogP contribution is -2.04. The van der Waals surface area contributed by atoms with Gasteiger partial charge in [-0.3, -0.25) is 5.10 Å². The Morgan fingerprint density at radius 2 is 2.35 bits per heavy atom. The summed E-state index contributed by atoms with van der Waals surface area (Å²) in [5.41, 5.74) is 2.44. The Morgan fingerprint density at radius 1 is 1.59 bits per heavy atom. The standard InChI is InChI=1S/C13H18N2O2/c1-4-6-7-10(3)8-11-9-12(15-14-11)13(16)17-5-2/h4,6-7,9H,5,8H2,1-3H3,(H,14,15)/b6-4-,10-7+. The van der Waals surface area contributed by atoms with Crippen LogP contribution >= 0.6 is 0 Å².